The molecule has 2 aromatic carbocycles. The van der Waals surface area contributed by atoms with Crippen molar-refractivity contribution in [3.8, 4) is 0 Å². The van der Waals surface area contributed by atoms with E-state index < -0.39 is 0 Å². The summed E-state index contributed by atoms with van der Waals surface area (Å²) in [6, 6.07) is 13.0. The Kier molecular flexibility index (Phi) is 5.74. The minimum atomic E-state index is -0.0322. The number of halogens is 2. The lowest BCUT2D eigenvalue weighted by Crippen LogP contribution is -2.42. The number of carbonyl (C=O) groups excluding carboxylic acids is 1. The zero-order valence-electron chi connectivity index (χ0n) is 15.3. The zero-order valence-corrected chi connectivity index (χ0v) is 16.8. The number of ether oxygens (including phenoxy) is 1. The molecule has 1 atom stereocenters. The molecule has 0 saturated carbocycles. The molecule has 0 fully saturated rings. The van der Waals surface area contributed by atoms with E-state index in [1.54, 1.807) is 24.3 Å². The molecule has 1 N–H and O–H groups in total. The van der Waals surface area contributed by atoms with Crippen molar-refractivity contribution in [1.29, 1.82) is 0 Å². The Morgan fingerprint density at radius 2 is 2.00 bits per heavy atom. The van der Waals surface area contributed by atoms with Crippen molar-refractivity contribution in [3.05, 3.63) is 74.8 Å². The first-order valence-corrected chi connectivity index (χ1v) is 10.1. The lowest BCUT2D eigenvalue weighted by atomic mass is 9.88. The van der Waals surface area contributed by atoms with Gasteiger partial charge < -0.3 is 14.7 Å². The number of aliphatic hydroxyl groups is 1. The first-order chi connectivity index (χ1) is 13.6. The van der Waals surface area contributed by atoms with Crippen LogP contribution in [0.1, 0.15) is 21.5 Å². The molecule has 4 nitrogen and oxygen atoms in total. The van der Waals surface area contributed by atoms with Crippen LogP contribution in [-0.2, 0) is 11.2 Å². The fourth-order valence-corrected chi connectivity index (χ4v) is 4.52. The van der Waals surface area contributed by atoms with Crippen molar-refractivity contribution < 1.29 is 14.6 Å². The van der Waals surface area contributed by atoms with E-state index >= 15 is 0 Å². The summed E-state index contributed by atoms with van der Waals surface area (Å²) >= 11 is 12.3. The van der Waals surface area contributed by atoms with E-state index in [0.29, 0.717) is 35.3 Å². The third kappa shape index (κ3) is 3.83. The van der Waals surface area contributed by atoms with Crippen LogP contribution < -0.4 is 0 Å². The molecule has 1 heterocycles. The number of rotatable bonds is 5. The van der Waals surface area contributed by atoms with Gasteiger partial charge in [0, 0.05) is 34.6 Å². The molecule has 28 heavy (non-hydrogen) atoms. The molecule has 2 aromatic rings. The highest BCUT2D eigenvalue weighted by atomic mass is 35.5. The van der Waals surface area contributed by atoms with Crippen LogP contribution in [0.5, 0.6) is 0 Å². The fourth-order valence-electron chi connectivity index (χ4n) is 4.16. The molecule has 146 valence electrons. The number of nitrogens with zero attached hydrogens (tertiary/aromatic N) is 1. The molecule has 1 aliphatic heterocycles. The van der Waals surface area contributed by atoms with Crippen molar-refractivity contribution in [1.82, 2.24) is 4.90 Å². The van der Waals surface area contributed by atoms with Crippen LogP contribution in [0.15, 0.2) is 48.0 Å². The molecular formula is C22H21Cl2NO3. The van der Waals surface area contributed by atoms with Crippen LogP contribution in [0.3, 0.4) is 0 Å². The van der Waals surface area contributed by atoms with E-state index in [4.69, 9.17) is 33.0 Å². The second kappa shape index (κ2) is 8.26. The van der Waals surface area contributed by atoms with Gasteiger partial charge in [-0.05, 0) is 59.0 Å². The summed E-state index contributed by atoms with van der Waals surface area (Å²) in [6.45, 7) is 1.85. The molecule has 0 radical (unpaired) electrons. The molecule has 1 unspecified atom stereocenters. The molecule has 2 aliphatic rings. The number of aliphatic hydroxyl groups excluding tert-OH is 1. The first kappa shape index (κ1) is 19.5. The number of carbonyl (C=O) groups is 1. The van der Waals surface area contributed by atoms with Crippen LogP contribution in [0.25, 0.3) is 5.57 Å². The summed E-state index contributed by atoms with van der Waals surface area (Å²) in [7, 11) is 0. The molecule has 0 spiro atoms. The number of amides is 1. The smallest absolute Gasteiger partial charge is 0.254 e. The van der Waals surface area contributed by atoms with Crippen LogP contribution in [0, 0.1) is 5.92 Å². The summed E-state index contributed by atoms with van der Waals surface area (Å²) < 4.78 is 5.65. The van der Waals surface area contributed by atoms with Gasteiger partial charge in [-0.2, -0.15) is 0 Å². The molecule has 0 saturated heterocycles. The SMILES string of the molecule is O=C(c1cccc(Cl)c1)N1CC2=C(c3cc(Cl)ccc3C2)C(COCCO)C1. The predicted octanol–water partition coefficient (Wildman–Crippen LogP) is 4.08. The number of benzene rings is 2. The lowest BCUT2D eigenvalue weighted by Gasteiger charge is -2.35. The van der Waals surface area contributed by atoms with E-state index in [-0.39, 0.29) is 25.0 Å². The Hall–Kier alpha value is -1.85. The second-order valence-electron chi connectivity index (χ2n) is 7.19. The highest BCUT2D eigenvalue weighted by Gasteiger charge is 2.35. The van der Waals surface area contributed by atoms with Crippen LogP contribution in [-0.4, -0.2) is 48.8 Å². The summed E-state index contributed by atoms with van der Waals surface area (Å²) in [5.74, 6) is 0.00773. The Morgan fingerprint density at radius 3 is 2.79 bits per heavy atom. The molecular weight excluding hydrogens is 397 g/mol. The van der Waals surface area contributed by atoms with E-state index in [0.717, 1.165) is 12.0 Å². The number of hydrogen-bond donors (Lipinski definition) is 1. The van der Waals surface area contributed by atoms with E-state index in [9.17, 15) is 4.79 Å². The van der Waals surface area contributed by atoms with Gasteiger partial charge in [0.2, 0.25) is 0 Å². The first-order valence-electron chi connectivity index (χ1n) is 9.31. The fraction of sp³-hybridized carbons (Fsp3) is 0.318. The molecule has 6 heteroatoms. The number of fused-ring (bicyclic) bond motifs is 2. The number of hydrogen-bond acceptors (Lipinski definition) is 3. The molecule has 4 rings (SSSR count). The van der Waals surface area contributed by atoms with Gasteiger partial charge in [0.1, 0.15) is 0 Å². The second-order valence-corrected chi connectivity index (χ2v) is 8.06. The van der Waals surface area contributed by atoms with Gasteiger partial charge in [-0.3, -0.25) is 4.79 Å². The van der Waals surface area contributed by atoms with Crippen molar-refractivity contribution in [2.45, 2.75) is 6.42 Å². The van der Waals surface area contributed by atoms with Crippen molar-refractivity contribution in [3.63, 3.8) is 0 Å². The summed E-state index contributed by atoms with van der Waals surface area (Å²) in [5, 5.41) is 10.3. The third-order valence-electron chi connectivity index (χ3n) is 5.29. The normalized spacial score (nSPS) is 18.2. The highest BCUT2D eigenvalue weighted by Crippen LogP contribution is 2.42. The predicted molar refractivity (Wildman–Crippen MR) is 111 cm³/mol. The van der Waals surface area contributed by atoms with Gasteiger partial charge >= 0.3 is 0 Å². The van der Waals surface area contributed by atoms with E-state index in [2.05, 4.69) is 6.07 Å². The highest BCUT2D eigenvalue weighted by molar-refractivity contribution is 6.31. The maximum absolute atomic E-state index is 13.1. The maximum atomic E-state index is 13.1. The third-order valence-corrected chi connectivity index (χ3v) is 5.76. The standard InChI is InChI=1S/C22H21Cl2NO3/c23-18-3-1-2-15(9-18)22(27)25-11-16-8-14-4-5-19(24)10-20(14)21(16)17(12-25)13-28-7-6-26/h1-5,9-10,17,26H,6-8,11-13H2. The molecule has 0 bridgehead atoms. The Morgan fingerprint density at radius 1 is 1.18 bits per heavy atom. The monoisotopic (exact) mass is 417 g/mol. The summed E-state index contributed by atoms with van der Waals surface area (Å²) in [6.07, 6.45) is 0.817. The average molecular weight is 418 g/mol. The molecule has 1 amide bonds. The lowest BCUT2D eigenvalue weighted by molar-refractivity contribution is 0.0581. The van der Waals surface area contributed by atoms with Crippen LogP contribution in [0.4, 0.5) is 0 Å². The van der Waals surface area contributed by atoms with Gasteiger partial charge in [-0.15, -0.1) is 0 Å². The van der Waals surface area contributed by atoms with Crippen molar-refractivity contribution >= 4 is 34.7 Å². The Labute approximate surface area is 174 Å². The van der Waals surface area contributed by atoms with E-state index in [1.165, 1.54) is 16.7 Å². The maximum Gasteiger partial charge on any atom is 0.254 e. The minimum absolute atomic E-state index is 0.0216. The van der Waals surface area contributed by atoms with Gasteiger partial charge in [0.05, 0.1) is 19.8 Å². The summed E-state index contributed by atoms with van der Waals surface area (Å²) in [4.78, 5) is 15.0. The van der Waals surface area contributed by atoms with Crippen molar-refractivity contribution in [2.75, 3.05) is 32.9 Å². The minimum Gasteiger partial charge on any atom is -0.394 e. The van der Waals surface area contributed by atoms with Crippen molar-refractivity contribution in [2.24, 2.45) is 5.92 Å². The Bertz CT molecular complexity index is 941. The van der Waals surface area contributed by atoms with Gasteiger partial charge in [0.15, 0.2) is 0 Å². The average Bonchev–Trinajstić information content (AvgIpc) is 3.05. The quantitative estimate of drug-likeness (QED) is 0.745. The molecule has 0 aromatic heterocycles. The topological polar surface area (TPSA) is 49.8 Å². The largest absolute Gasteiger partial charge is 0.394 e. The van der Waals surface area contributed by atoms with E-state index in [1.807, 2.05) is 17.0 Å². The zero-order chi connectivity index (χ0) is 19.7. The Balaban J connectivity index is 1.64. The van der Waals surface area contributed by atoms with Gasteiger partial charge in [-0.1, -0.05) is 35.3 Å². The van der Waals surface area contributed by atoms with Crippen LogP contribution in [0.2, 0.25) is 10.0 Å². The summed E-state index contributed by atoms with van der Waals surface area (Å²) in [5.41, 5.74) is 5.46. The van der Waals surface area contributed by atoms with Gasteiger partial charge in [-0.25, -0.2) is 0 Å². The molecule has 1 aliphatic carbocycles. The van der Waals surface area contributed by atoms with Gasteiger partial charge in [0.25, 0.3) is 5.91 Å². The van der Waals surface area contributed by atoms with Crippen LogP contribution >= 0.6 is 23.2 Å².